The van der Waals surface area contributed by atoms with Crippen molar-refractivity contribution in [2.24, 2.45) is 0 Å². The molecule has 1 aliphatic heterocycles. The summed E-state index contributed by atoms with van der Waals surface area (Å²) in [5.74, 6) is 1.47. The van der Waals surface area contributed by atoms with E-state index < -0.39 is 0 Å². The van der Waals surface area contributed by atoms with E-state index in [2.05, 4.69) is 36.5 Å². The van der Waals surface area contributed by atoms with Crippen molar-refractivity contribution in [2.75, 3.05) is 11.5 Å². The number of carbonyl (C=O) groups is 1. The summed E-state index contributed by atoms with van der Waals surface area (Å²) in [4.78, 5) is 14.5. The molecular weight excluding hydrogens is 341 g/mol. The molecule has 2 aromatic rings. The molecule has 1 heterocycles. The molecule has 1 atom stereocenters. The standard InChI is InChI=1S/C19H20FNOS2/c1-13-2-5-15(6-3-13)23-11-9-19(22)21-17-8-10-24-18-7-4-14(20)12-16(17)18/h2-7,12,17H,8-11H2,1H3,(H,21,22). The Morgan fingerprint density at radius 1 is 1.29 bits per heavy atom. The van der Waals surface area contributed by atoms with Crippen LogP contribution in [0.5, 0.6) is 0 Å². The van der Waals surface area contributed by atoms with Crippen molar-refractivity contribution in [3.05, 3.63) is 59.4 Å². The molecule has 0 aliphatic carbocycles. The zero-order valence-electron chi connectivity index (χ0n) is 13.5. The third kappa shape index (κ3) is 4.54. The van der Waals surface area contributed by atoms with E-state index in [1.165, 1.54) is 16.5 Å². The van der Waals surface area contributed by atoms with Gasteiger partial charge in [-0.1, -0.05) is 17.7 Å². The third-order valence-corrected chi connectivity index (χ3v) is 6.10. The second-order valence-corrected chi connectivity index (χ2v) is 8.16. The summed E-state index contributed by atoms with van der Waals surface area (Å²) in [5.41, 5.74) is 2.14. The van der Waals surface area contributed by atoms with E-state index in [0.29, 0.717) is 6.42 Å². The van der Waals surface area contributed by atoms with Gasteiger partial charge < -0.3 is 5.32 Å². The van der Waals surface area contributed by atoms with Crippen molar-refractivity contribution in [1.29, 1.82) is 0 Å². The van der Waals surface area contributed by atoms with Gasteiger partial charge in [0.1, 0.15) is 5.82 Å². The number of amides is 1. The number of rotatable bonds is 5. The molecule has 0 saturated heterocycles. The van der Waals surface area contributed by atoms with Crippen LogP contribution < -0.4 is 5.32 Å². The van der Waals surface area contributed by atoms with Gasteiger partial charge in [0, 0.05) is 27.7 Å². The summed E-state index contributed by atoms with van der Waals surface area (Å²) in [5, 5.41) is 3.07. The summed E-state index contributed by atoms with van der Waals surface area (Å²) in [6, 6.07) is 13.1. The van der Waals surface area contributed by atoms with Crippen molar-refractivity contribution < 1.29 is 9.18 Å². The SMILES string of the molecule is Cc1ccc(SCCC(=O)NC2CCSc3ccc(F)cc32)cc1. The highest BCUT2D eigenvalue weighted by Crippen LogP contribution is 2.36. The second-order valence-electron chi connectivity index (χ2n) is 5.85. The number of hydrogen-bond donors (Lipinski definition) is 1. The van der Waals surface area contributed by atoms with Crippen LogP contribution in [0.3, 0.4) is 0 Å². The first-order chi connectivity index (χ1) is 11.6. The van der Waals surface area contributed by atoms with Gasteiger partial charge in [-0.2, -0.15) is 0 Å². The van der Waals surface area contributed by atoms with E-state index in [9.17, 15) is 9.18 Å². The molecular formula is C19H20FNOS2. The fraction of sp³-hybridized carbons (Fsp3) is 0.316. The largest absolute Gasteiger partial charge is 0.349 e. The molecule has 2 aromatic carbocycles. The zero-order valence-corrected chi connectivity index (χ0v) is 15.2. The highest BCUT2D eigenvalue weighted by molar-refractivity contribution is 7.99. The first-order valence-corrected chi connectivity index (χ1v) is 10.00. The lowest BCUT2D eigenvalue weighted by Crippen LogP contribution is -2.30. The average Bonchev–Trinajstić information content (AvgIpc) is 2.57. The lowest BCUT2D eigenvalue weighted by molar-refractivity contribution is -0.121. The highest BCUT2D eigenvalue weighted by Gasteiger charge is 2.22. The number of nitrogens with one attached hydrogen (secondary N) is 1. The Kier molecular flexibility index (Phi) is 5.85. The van der Waals surface area contributed by atoms with E-state index in [-0.39, 0.29) is 17.8 Å². The highest BCUT2D eigenvalue weighted by atomic mass is 32.2. The summed E-state index contributed by atoms with van der Waals surface area (Å²) in [6.07, 6.45) is 1.31. The summed E-state index contributed by atoms with van der Waals surface area (Å²) < 4.78 is 13.5. The lowest BCUT2D eigenvalue weighted by Gasteiger charge is -2.26. The van der Waals surface area contributed by atoms with Crippen LogP contribution in [0.15, 0.2) is 52.3 Å². The van der Waals surface area contributed by atoms with Crippen molar-refractivity contribution in [2.45, 2.75) is 35.6 Å². The number of thioether (sulfide) groups is 2. The Morgan fingerprint density at radius 3 is 2.88 bits per heavy atom. The fourth-order valence-electron chi connectivity index (χ4n) is 2.68. The number of fused-ring (bicyclic) bond motifs is 1. The summed E-state index contributed by atoms with van der Waals surface area (Å²) in [7, 11) is 0. The van der Waals surface area contributed by atoms with Gasteiger partial charge in [-0.15, -0.1) is 23.5 Å². The molecule has 0 aromatic heterocycles. The maximum atomic E-state index is 13.5. The van der Waals surface area contributed by atoms with Crippen LogP contribution in [0.25, 0.3) is 0 Å². The van der Waals surface area contributed by atoms with Crippen LogP contribution >= 0.6 is 23.5 Å². The molecule has 0 saturated carbocycles. The Labute approximate surface area is 150 Å². The number of halogens is 1. The van der Waals surface area contributed by atoms with Crippen LogP contribution in [0.1, 0.15) is 30.0 Å². The lowest BCUT2D eigenvalue weighted by atomic mass is 10.0. The molecule has 0 fully saturated rings. The Morgan fingerprint density at radius 2 is 2.08 bits per heavy atom. The number of aryl methyl sites for hydroxylation is 1. The second kappa shape index (κ2) is 8.08. The maximum Gasteiger partial charge on any atom is 0.221 e. The van der Waals surface area contributed by atoms with Gasteiger partial charge in [0.15, 0.2) is 0 Å². The van der Waals surface area contributed by atoms with Gasteiger partial charge >= 0.3 is 0 Å². The Hall–Kier alpha value is -1.46. The average molecular weight is 362 g/mol. The minimum atomic E-state index is -0.245. The molecule has 0 spiro atoms. The quantitative estimate of drug-likeness (QED) is 0.763. The van der Waals surface area contributed by atoms with Crippen LogP contribution in [-0.4, -0.2) is 17.4 Å². The zero-order chi connectivity index (χ0) is 16.9. The molecule has 3 rings (SSSR count). The fourth-order valence-corrected chi connectivity index (χ4v) is 4.64. The van der Waals surface area contributed by atoms with Crippen LogP contribution in [0, 0.1) is 12.7 Å². The van der Waals surface area contributed by atoms with Crippen molar-refractivity contribution >= 4 is 29.4 Å². The molecule has 24 heavy (non-hydrogen) atoms. The third-order valence-electron chi connectivity index (χ3n) is 3.97. The maximum absolute atomic E-state index is 13.5. The molecule has 5 heteroatoms. The van der Waals surface area contributed by atoms with E-state index in [1.807, 2.05) is 0 Å². The topological polar surface area (TPSA) is 29.1 Å². The minimum Gasteiger partial charge on any atom is -0.349 e. The minimum absolute atomic E-state index is 0.0294. The number of hydrogen-bond acceptors (Lipinski definition) is 3. The normalized spacial score (nSPS) is 16.5. The first-order valence-electron chi connectivity index (χ1n) is 8.03. The van der Waals surface area contributed by atoms with Crippen molar-refractivity contribution in [1.82, 2.24) is 5.32 Å². The van der Waals surface area contributed by atoms with Gasteiger partial charge in [0.2, 0.25) is 5.91 Å². The summed E-state index contributed by atoms with van der Waals surface area (Å²) >= 11 is 3.41. The number of carbonyl (C=O) groups excluding carboxylic acids is 1. The van der Waals surface area contributed by atoms with Gasteiger partial charge in [0.25, 0.3) is 0 Å². The Balaban J connectivity index is 1.52. The van der Waals surface area contributed by atoms with Gasteiger partial charge in [-0.25, -0.2) is 4.39 Å². The van der Waals surface area contributed by atoms with E-state index >= 15 is 0 Å². The smallest absolute Gasteiger partial charge is 0.221 e. The molecule has 0 radical (unpaired) electrons. The monoisotopic (exact) mass is 361 g/mol. The number of benzene rings is 2. The van der Waals surface area contributed by atoms with E-state index in [1.54, 1.807) is 35.7 Å². The molecule has 1 unspecified atom stereocenters. The molecule has 1 aliphatic rings. The van der Waals surface area contributed by atoms with E-state index in [4.69, 9.17) is 0 Å². The van der Waals surface area contributed by atoms with Crippen molar-refractivity contribution in [3.63, 3.8) is 0 Å². The first kappa shape index (κ1) is 17.4. The predicted molar refractivity (Wildman–Crippen MR) is 99.1 cm³/mol. The van der Waals surface area contributed by atoms with Crippen LogP contribution in [0.2, 0.25) is 0 Å². The molecule has 2 nitrogen and oxygen atoms in total. The van der Waals surface area contributed by atoms with Gasteiger partial charge in [-0.05, 0) is 49.2 Å². The van der Waals surface area contributed by atoms with Gasteiger partial charge in [0.05, 0.1) is 6.04 Å². The predicted octanol–water partition coefficient (Wildman–Crippen LogP) is 4.97. The van der Waals surface area contributed by atoms with Crippen LogP contribution in [-0.2, 0) is 4.79 Å². The van der Waals surface area contributed by atoms with E-state index in [0.717, 1.165) is 28.4 Å². The molecule has 126 valence electrons. The molecule has 1 N–H and O–H groups in total. The van der Waals surface area contributed by atoms with Gasteiger partial charge in [-0.3, -0.25) is 4.79 Å². The molecule has 0 bridgehead atoms. The summed E-state index contributed by atoms with van der Waals surface area (Å²) in [6.45, 7) is 2.06. The van der Waals surface area contributed by atoms with Crippen molar-refractivity contribution in [3.8, 4) is 0 Å². The molecule has 1 amide bonds. The Bertz CT molecular complexity index is 718. The van der Waals surface area contributed by atoms with Crippen LogP contribution in [0.4, 0.5) is 4.39 Å².